The fraction of sp³-hybridized carbons (Fsp3) is 0.185. The predicted molar refractivity (Wildman–Crippen MR) is 132 cm³/mol. The van der Waals surface area contributed by atoms with E-state index in [0.29, 0.717) is 39.5 Å². The highest BCUT2D eigenvalue weighted by atomic mass is 16.7. The Hall–Kier alpha value is -4.66. The molecule has 1 aromatic heterocycles. The summed E-state index contributed by atoms with van der Waals surface area (Å²) in [6.45, 7) is 2.20. The van der Waals surface area contributed by atoms with Crippen LogP contribution in [-0.2, 0) is 6.54 Å². The van der Waals surface area contributed by atoms with Crippen LogP contribution < -0.4 is 29.2 Å². The topological polar surface area (TPSA) is 105 Å². The summed E-state index contributed by atoms with van der Waals surface area (Å²) in [5, 5.41) is 10.0. The summed E-state index contributed by atoms with van der Waals surface area (Å²) in [4.78, 5) is 25.6. The molecule has 1 aliphatic rings. The van der Waals surface area contributed by atoms with E-state index < -0.39 is 11.7 Å². The molecule has 184 valence electrons. The maximum absolute atomic E-state index is 13.9. The first kappa shape index (κ1) is 23.1. The molecule has 5 rings (SSSR count). The summed E-state index contributed by atoms with van der Waals surface area (Å²) >= 11 is 0. The second kappa shape index (κ2) is 9.18. The van der Waals surface area contributed by atoms with Crippen LogP contribution in [0.15, 0.2) is 59.4 Å². The number of hydrogen-bond donors (Lipinski definition) is 1. The largest absolute Gasteiger partial charge is 0.511 e. The standard InChI is InChI=1S/C27H23NO8/c1-15-6-4-5-7-17(15)13-28-18-9-11-20(32-2)24(33-3)23(18)22(25(26(28)29)36-27(30)31)16-8-10-19-21(12-16)35-14-34-19/h4-12H,13-14H2,1-3H3,(H,30,31). The van der Waals surface area contributed by atoms with Crippen LogP contribution in [0.5, 0.6) is 28.7 Å². The molecule has 0 fully saturated rings. The zero-order chi connectivity index (χ0) is 25.4. The molecule has 0 atom stereocenters. The number of carboxylic acid groups (broad SMARTS) is 1. The normalized spacial score (nSPS) is 12.0. The highest BCUT2D eigenvalue weighted by Gasteiger charge is 2.27. The quantitative estimate of drug-likeness (QED) is 0.384. The number of hydrogen-bond acceptors (Lipinski definition) is 7. The van der Waals surface area contributed by atoms with Crippen molar-refractivity contribution in [1.29, 1.82) is 0 Å². The number of aromatic nitrogens is 1. The minimum absolute atomic E-state index is 0.0627. The van der Waals surface area contributed by atoms with Gasteiger partial charge in [0.05, 0.1) is 31.7 Å². The average Bonchev–Trinajstić information content (AvgIpc) is 3.34. The molecule has 0 saturated heterocycles. The van der Waals surface area contributed by atoms with Crippen molar-refractivity contribution in [3.8, 4) is 39.9 Å². The van der Waals surface area contributed by atoms with Crippen LogP contribution in [0.2, 0.25) is 0 Å². The van der Waals surface area contributed by atoms with Gasteiger partial charge in [-0.1, -0.05) is 30.3 Å². The van der Waals surface area contributed by atoms with Gasteiger partial charge in [-0.3, -0.25) is 4.79 Å². The van der Waals surface area contributed by atoms with Crippen LogP contribution in [0, 0.1) is 6.92 Å². The molecule has 0 radical (unpaired) electrons. The third kappa shape index (κ3) is 3.84. The summed E-state index contributed by atoms with van der Waals surface area (Å²) in [5.41, 5.74) is 2.53. The van der Waals surface area contributed by atoms with Crippen molar-refractivity contribution in [2.75, 3.05) is 21.0 Å². The molecule has 0 bridgehead atoms. The zero-order valence-corrected chi connectivity index (χ0v) is 19.9. The Bertz CT molecular complexity index is 1560. The van der Waals surface area contributed by atoms with Crippen molar-refractivity contribution in [3.05, 3.63) is 76.1 Å². The van der Waals surface area contributed by atoms with Gasteiger partial charge >= 0.3 is 6.16 Å². The van der Waals surface area contributed by atoms with Crippen molar-refractivity contribution in [1.82, 2.24) is 4.57 Å². The Labute approximate surface area is 206 Å². The molecule has 0 aliphatic carbocycles. The molecule has 1 N–H and O–H groups in total. The Morgan fingerprint density at radius 2 is 1.78 bits per heavy atom. The lowest BCUT2D eigenvalue weighted by Crippen LogP contribution is -2.26. The number of nitrogens with zero attached hydrogens (tertiary/aromatic N) is 1. The van der Waals surface area contributed by atoms with Crippen LogP contribution in [-0.4, -0.2) is 36.8 Å². The smallest absolute Gasteiger partial charge is 0.493 e. The van der Waals surface area contributed by atoms with E-state index >= 15 is 0 Å². The van der Waals surface area contributed by atoms with Crippen molar-refractivity contribution in [3.63, 3.8) is 0 Å². The average molecular weight is 489 g/mol. The van der Waals surface area contributed by atoms with Crippen LogP contribution in [0.1, 0.15) is 11.1 Å². The molecule has 2 heterocycles. The molecule has 0 unspecified atom stereocenters. The van der Waals surface area contributed by atoms with Crippen LogP contribution in [0.25, 0.3) is 22.0 Å². The number of pyridine rings is 1. The SMILES string of the molecule is COc1ccc2c(c1OC)c(-c1ccc3c(c1)OCO3)c(OC(=O)O)c(=O)n2Cc1ccccc1C. The van der Waals surface area contributed by atoms with E-state index in [1.54, 1.807) is 30.3 Å². The Morgan fingerprint density at radius 3 is 2.50 bits per heavy atom. The van der Waals surface area contributed by atoms with Crippen molar-refractivity contribution < 1.29 is 33.6 Å². The molecule has 0 amide bonds. The molecule has 0 spiro atoms. The number of ether oxygens (including phenoxy) is 5. The van der Waals surface area contributed by atoms with Gasteiger partial charge in [-0.25, -0.2) is 4.79 Å². The molecule has 36 heavy (non-hydrogen) atoms. The van der Waals surface area contributed by atoms with Crippen LogP contribution in [0.3, 0.4) is 0 Å². The molecule has 9 heteroatoms. The lowest BCUT2D eigenvalue weighted by Gasteiger charge is -2.21. The lowest BCUT2D eigenvalue weighted by atomic mass is 9.97. The van der Waals surface area contributed by atoms with E-state index in [-0.39, 0.29) is 24.7 Å². The first-order valence-electron chi connectivity index (χ1n) is 11.1. The Morgan fingerprint density at radius 1 is 1.00 bits per heavy atom. The fourth-order valence-corrected chi connectivity index (χ4v) is 4.46. The minimum Gasteiger partial charge on any atom is -0.493 e. The van der Waals surface area contributed by atoms with Crippen molar-refractivity contribution in [2.24, 2.45) is 0 Å². The van der Waals surface area contributed by atoms with E-state index in [1.807, 2.05) is 31.2 Å². The lowest BCUT2D eigenvalue weighted by molar-refractivity contribution is 0.144. The summed E-state index contributed by atoms with van der Waals surface area (Å²) in [7, 11) is 2.98. The molecule has 9 nitrogen and oxygen atoms in total. The second-order valence-corrected chi connectivity index (χ2v) is 8.15. The third-order valence-corrected chi connectivity index (χ3v) is 6.17. The van der Waals surface area contributed by atoms with E-state index in [0.717, 1.165) is 11.1 Å². The number of aryl methyl sites for hydroxylation is 1. The number of carbonyl (C=O) groups is 1. The molecule has 3 aromatic carbocycles. The second-order valence-electron chi connectivity index (χ2n) is 8.15. The molecular weight excluding hydrogens is 466 g/mol. The van der Waals surface area contributed by atoms with E-state index in [2.05, 4.69) is 0 Å². The summed E-state index contributed by atoms with van der Waals surface area (Å²) < 4.78 is 28.8. The van der Waals surface area contributed by atoms with Gasteiger partial charge in [0, 0.05) is 5.56 Å². The Kier molecular flexibility index (Phi) is 5.89. The summed E-state index contributed by atoms with van der Waals surface area (Å²) in [6.07, 6.45) is -1.61. The highest BCUT2D eigenvalue weighted by molar-refractivity contribution is 6.04. The first-order chi connectivity index (χ1) is 17.4. The number of rotatable bonds is 6. The molecule has 1 aliphatic heterocycles. The van der Waals surface area contributed by atoms with Crippen molar-refractivity contribution >= 4 is 17.1 Å². The maximum Gasteiger partial charge on any atom is 0.511 e. The fourth-order valence-electron chi connectivity index (χ4n) is 4.46. The third-order valence-electron chi connectivity index (χ3n) is 6.17. The molecular formula is C27H23NO8. The van der Waals surface area contributed by atoms with E-state index in [4.69, 9.17) is 23.7 Å². The minimum atomic E-state index is -1.61. The van der Waals surface area contributed by atoms with Gasteiger partial charge in [0.25, 0.3) is 5.56 Å². The van der Waals surface area contributed by atoms with Gasteiger partial charge in [0.1, 0.15) is 0 Å². The first-order valence-corrected chi connectivity index (χ1v) is 11.1. The maximum atomic E-state index is 13.9. The Balaban J connectivity index is 1.91. The zero-order valence-electron chi connectivity index (χ0n) is 19.9. The van der Waals surface area contributed by atoms with Gasteiger partial charge in [-0.2, -0.15) is 0 Å². The summed E-state index contributed by atoms with van der Waals surface area (Å²) in [6, 6.07) is 16.2. The highest BCUT2D eigenvalue weighted by Crippen LogP contribution is 2.46. The summed E-state index contributed by atoms with van der Waals surface area (Å²) in [5.74, 6) is 1.40. The van der Waals surface area contributed by atoms with Gasteiger partial charge < -0.3 is 33.4 Å². The predicted octanol–water partition coefficient (Wildman–Crippen LogP) is 4.83. The number of benzene rings is 3. The van der Waals surface area contributed by atoms with Crippen LogP contribution >= 0.6 is 0 Å². The van der Waals surface area contributed by atoms with Gasteiger partial charge in [-0.15, -0.1) is 0 Å². The van der Waals surface area contributed by atoms with Gasteiger partial charge in [0.15, 0.2) is 23.0 Å². The molecule has 0 saturated carbocycles. The monoisotopic (exact) mass is 489 g/mol. The number of methoxy groups -OCH3 is 2. The number of fused-ring (bicyclic) bond motifs is 2. The van der Waals surface area contributed by atoms with E-state index in [1.165, 1.54) is 18.8 Å². The van der Waals surface area contributed by atoms with Crippen molar-refractivity contribution in [2.45, 2.75) is 13.5 Å². The van der Waals surface area contributed by atoms with E-state index in [9.17, 15) is 14.7 Å². The van der Waals surface area contributed by atoms with Gasteiger partial charge in [-0.05, 0) is 47.9 Å². The molecule has 4 aromatic rings. The van der Waals surface area contributed by atoms with Crippen LogP contribution in [0.4, 0.5) is 4.79 Å². The van der Waals surface area contributed by atoms with Gasteiger partial charge in [0.2, 0.25) is 12.5 Å².